The molecule has 0 saturated carbocycles. The van der Waals surface area contributed by atoms with Crippen LogP contribution < -0.4 is 10.6 Å². The van der Waals surface area contributed by atoms with E-state index in [1.807, 2.05) is 13.0 Å². The molecule has 1 aromatic rings. The summed E-state index contributed by atoms with van der Waals surface area (Å²) in [5, 5.41) is 5.70. The predicted molar refractivity (Wildman–Crippen MR) is 95.9 cm³/mol. The van der Waals surface area contributed by atoms with E-state index in [1.165, 1.54) is 12.1 Å². The number of benzene rings is 1. The molecule has 136 valence electrons. The van der Waals surface area contributed by atoms with E-state index in [0.29, 0.717) is 31.7 Å². The van der Waals surface area contributed by atoms with Crippen LogP contribution in [0.1, 0.15) is 35.7 Å². The lowest BCUT2D eigenvalue weighted by molar-refractivity contribution is -0.122. The van der Waals surface area contributed by atoms with Crippen LogP contribution in [0.4, 0.5) is 4.39 Å². The van der Waals surface area contributed by atoms with Crippen molar-refractivity contribution in [2.75, 3.05) is 32.7 Å². The molecular weight excluding hydrogens is 321 g/mol. The highest BCUT2D eigenvalue weighted by Gasteiger charge is 2.15. The van der Waals surface area contributed by atoms with Crippen molar-refractivity contribution in [3.63, 3.8) is 0 Å². The smallest absolute Gasteiger partial charge is 0.251 e. The van der Waals surface area contributed by atoms with Gasteiger partial charge in [-0.15, -0.1) is 0 Å². The van der Waals surface area contributed by atoms with Crippen molar-refractivity contribution in [1.29, 1.82) is 0 Å². The van der Waals surface area contributed by atoms with Crippen molar-refractivity contribution in [2.45, 2.75) is 26.7 Å². The molecule has 6 heteroatoms. The quantitative estimate of drug-likeness (QED) is 0.742. The molecule has 0 bridgehead atoms. The molecule has 1 aliphatic heterocycles. The molecule has 0 saturated heterocycles. The number of halogens is 1. The molecule has 2 rings (SSSR count). The van der Waals surface area contributed by atoms with Gasteiger partial charge < -0.3 is 10.6 Å². The summed E-state index contributed by atoms with van der Waals surface area (Å²) in [4.78, 5) is 25.9. The number of nitrogens with one attached hydrogen (secondary N) is 2. The number of amides is 2. The third kappa shape index (κ3) is 6.31. The van der Waals surface area contributed by atoms with E-state index < -0.39 is 5.82 Å². The predicted octanol–water partition coefficient (Wildman–Crippen LogP) is 2.02. The average molecular weight is 347 g/mol. The molecule has 0 aliphatic carbocycles. The van der Waals surface area contributed by atoms with E-state index in [1.54, 1.807) is 13.0 Å². The Kier molecular flexibility index (Phi) is 7.13. The van der Waals surface area contributed by atoms with Gasteiger partial charge in [-0.1, -0.05) is 18.6 Å². The Labute approximate surface area is 148 Å². The summed E-state index contributed by atoms with van der Waals surface area (Å²) in [6.45, 7) is 6.83. The molecule has 0 unspecified atom stereocenters. The summed E-state index contributed by atoms with van der Waals surface area (Å²) in [6.07, 6.45) is 3.79. The summed E-state index contributed by atoms with van der Waals surface area (Å²) < 4.78 is 13.4. The van der Waals surface area contributed by atoms with Gasteiger partial charge in [0.05, 0.1) is 6.54 Å². The van der Waals surface area contributed by atoms with Crippen molar-refractivity contribution in [2.24, 2.45) is 0 Å². The number of rotatable bonds is 7. The van der Waals surface area contributed by atoms with Gasteiger partial charge >= 0.3 is 0 Å². The lowest BCUT2D eigenvalue weighted by Crippen LogP contribution is -2.40. The zero-order valence-corrected chi connectivity index (χ0v) is 14.9. The fourth-order valence-electron chi connectivity index (χ4n) is 2.74. The van der Waals surface area contributed by atoms with Crippen LogP contribution >= 0.6 is 0 Å². The second kappa shape index (κ2) is 9.32. The first-order valence-electron chi connectivity index (χ1n) is 8.70. The summed E-state index contributed by atoms with van der Waals surface area (Å²) in [6, 6.07) is 4.31. The zero-order chi connectivity index (χ0) is 18.2. The van der Waals surface area contributed by atoms with E-state index in [0.717, 1.165) is 30.5 Å². The fraction of sp³-hybridized carbons (Fsp3) is 0.474. The van der Waals surface area contributed by atoms with Gasteiger partial charge in [-0.25, -0.2) is 4.39 Å². The maximum absolute atomic E-state index is 13.4. The van der Waals surface area contributed by atoms with Crippen LogP contribution in [0.2, 0.25) is 0 Å². The highest BCUT2D eigenvalue weighted by atomic mass is 19.1. The first-order chi connectivity index (χ1) is 12.0. The molecule has 25 heavy (non-hydrogen) atoms. The topological polar surface area (TPSA) is 61.4 Å². The minimum Gasteiger partial charge on any atom is -0.355 e. The molecule has 2 amide bonds. The maximum Gasteiger partial charge on any atom is 0.251 e. The molecule has 0 atom stereocenters. The van der Waals surface area contributed by atoms with Gasteiger partial charge in [0.1, 0.15) is 5.82 Å². The standard InChI is InChI=1S/C19H26FN3O2/c1-3-6-21-18(24)13-23-7-4-15(5-8-23)12-22-19(25)16-9-14(2)10-17(20)11-16/h4,9-11H,3,5-8,12-13H2,1-2H3,(H,21,24)(H,22,25). The van der Waals surface area contributed by atoms with Crippen LogP contribution in [0.5, 0.6) is 0 Å². The summed E-state index contributed by atoms with van der Waals surface area (Å²) in [7, 11) is 0. The van der Waals surface area contributed by atoms with Crippen molar-refractivity contribution < 1.29 is 14.0 Å². The molecule has 0 fully saturated rings. The first-order valence-corrected chi connectivity index (χ1v) is 8.70. The Bertz CT molecular complexity index is 638. The van der Waals surface area contributed by atoms with Crippen molar-refractivity contribution in [3.05, 3.63) is 46.8 Å². The van der Waals surface area contributed by atoms with Crippen molar-refractivity contribution in [3.8, 4) is 0 Å². The largest absolute Gasteiger partial charge is 0.355 e. The van der Waals surface area contributed by atoms with Crippen LogP contribution in [-0.4, -0.2) is 49.4 Å². The zero-order valence-electron chi connectivity index (χ0n) is 14.9. The second-order valence-electron chi connectivity index (χ2n) is 6.40. The lowest BCUT2D eigenvalue weighted by atomic mass is 10.1. The molecule has 1 heterocycles. The minimum atomic E-state index is -0.404. The van der Waals surface area contributed by atoms with Crippen LogP contribution in [0.3, 0.4) is 0 Å². The van der Waals surface area contributed by atoms with Gasteiger partial charge in [-0.3, -0.25) is 14.5 Å². The third-order valence-corrected chi connectivity index (χ3v) is 4.11. The second-order valence-corrected chi connectivity index (χ2v) is 6.40. The first kappa shape index (κ1) is 19.1. The van der Waals surface area contributed by atoms with Crippen molar-refractivity contribution in [1.82, 2.24) is 15.5 Å². The Balaban J connectivity index is 1.78. The number of aryl methyl sites for hydroxylation is 1. The highest BCUT2D eigenvalue weighted by Crippen LogP contribution is 2.11. The number of carbonyl (C=O) groups is 2. The van der Waals surface area contributed by atoms with E-state index in [9.17, 15) is 14.0 Å². The van der Waals surface area contributed by atoms with Crippen molar-refractivity contribution >= 4 is 11.8 Å². The van der Waals surface area contributed by atoms with Gasteiger partial charge in [-0.05, 0) is 43.5 Å². The minimum absolute atomic E-state index is 0.0495. The van der Waals surface area contributed by atoms with Crippen LogP contribution in [0.25, 0.3) is 0 Å². The number of hydrogen-bond donors (Lipinski definition) is 2. The Morgan fingerprint density at radius 2 is 2.04 bits per heavy atom. The molecule has 0 spiro atoms. The SMILES string of the molecule is CCCNC(=O)CN1CC=C(CNC(=O)c2cc(C)cc(F)c2)CC1. The maximum atomic E-state index is 13.4. The number of carbonyl (C=O) groups excluding carboxylic acids is 2. The van der Waals surface area contributed by atoms with Gasteiger partial charge in [0.2, 0.25) is 5.91 Å². The Morgan fingerprint density at radius 1 is 1.24 bits per heavy atom. The van der Waals surface area contributed by atoms with E-state index in [4.69, 9.17) is 0 Å². The summed E-state index contributed by atoms with van der Waals surface area (Å²) in [5.74, 6) is -0.627. The summed E-state index contributed by atoms with van der Waals surface area (Å²) >= 11 is 0. The lowest BCUT2D eigenvalue weighted by Gasteiger charge is -2.25. The molecular formula is C19H26FN3O2. The van der Waals surface area contributed by atoms with E-state index in [-0.39, 0.29) is 11.8 Å². The van der Waals surface area contributed by atoms with Gasteiger partial charge in [0, 0.05) is 31.7 Å². The number of hydrogen-bond acceptors (Lipinski definition) is 3. The fourth-order valence-corrected chi connectivity index (χ4v) is 2.74. The molecule has 0 radical (unpaired) electrons. The van der Waals surface area contributed by atoms with E-state index in [2.05, 4.69) is 15.5 Å². The van der Waals surface area contributed by atoms with Crippen LogP contribution in [0.15, 0.2) is 29.8 Å². The molecule has 2 N–H and O–H groups in total. The van der Waals surface area contributed by atoms with Crippen LogP contribution in [0, 0.1) is 12.7 Å². The molecule has 1 aliphatic rings. The Hall–Kier alpha value is -2.21. The van der Waals surface area contributed by atoms with Gasteiger partial charge in [0.25, 0.3) is 5.91 Å². The average Bonchev–Trinajstić information content (AvgIpc) is 2.58. The normalized spacial score (nSPS) is 14.8. The summed E-state index contributed by atoms with van der Waals surface area (Å²) in [5.41, 5.74) is 2.19. The molecule has 1 aromatic carbocycles. The Morgan fingerprint density at radius 3 is 2.68 bits per heavy atom. The monoisotopic (exact) mass is 347 g/mol. The van der Waals surface area contributed by atoms with Gasteiger partial charge in [0.15, 0.2) is 0 Å². The van der Waals surface area contributed by atoms with E-state index >= 15 is 0 Å². The molecule has 5 nitrogen and oxygen atoms in total. The molecule has 0 aromatic heterocycles. The van der Waals surface area contributed by atoms with Crippen LogP contribution in [-0.2, 0) is 4.79 Å². The van der Waals surface area contributed by atoms with Gasteiger partial charge in [-0.2, -0.15) is 0 Å². The number of nitrogens with zero attached hydrogens (tertiary/aromatic N) is 1. The third-order valence-electron chi connectivity index (χ3n) is 4.11. The highest BCUT2D eigenvalue weighted by molar-refractivity contribution is 5.94.